The van der Waals surface area contributed by atoms with E-state index in [0.717, 1.165) is 40.8 Å². The highest BCUT2D eigenvalue weighted by molar-refractivity contribution is 7.18. The first-order chi connectivity index (χ1) is 12.1. The average Bonchev–Trinajstić information content (AvgIpc) is 3.23. The molecule has 25 heavy (non-hydrogen) atoms. The molecule has 0 amide bonds. The molecule has 2 aromatic heterocycles. The Balaban J connectivity index is 1.63. The normalized spacial score (nSPS) is 18.6. The Morgan fingerprint density at radius 1 is 1.28 bits per heavy atom. The summed E-state index contributed by atoms with van der Waals surface area (Å²) in [6.45, 7) is 4.63. The molecule has 8 heteroatoms. The molecule has 1 aliphatic heterocycles. The molecule has 1 aromatic carbocycles. The maximum absolute atomic E-state index is 13.1. The van der Waals surface area contributed by atoms with Crippen LogP contribution in [0.15, 0.2) is 28.8 Å². The van der Waals surface area contributed by atoms with Crippen molar-refractivity contribution in [3.05, 3.63) is 41.6 Å². The smallest absolute Gasteiger partial charge is 0.269 e. The second-order valence-corrected chi connectivity index (χ2v) is 7.10. The predicted octanol–water partition coefficient (Wildman–Crippen LogP) is 2.88. The summed E-state index contributed by atoms with van der Waals surface area (Å²) in [4.78, 5) is 12.2. The Morgan fingerprint density at radius 3 is 2.84 bits per heavy atom. The molecular formula is C17H18FN5OS. The Hall–Kier alpha value is -2.16. The molecule has 130 valence electrons. The Labute approximate surface area is 148 Å². The number of piperazine rings is 1. The molecule has 3 aromatic rings. The van der Waals surface area contributed by atoms with Crippen molar-refractivity contribution in [2.75, 3.05) is 26.7 Å². The van der Waals surface area contributed by atoms with Crippen LogP contribution in [0.25, 0.3) is 21.3 Å². The standard InChI is InChI=1S/C17H18FN5OS/c1-10-14(25-17(20-10)11-3-5-12(18)6-4-11)16-21-15(22-24-16)13-9-19-7-8-23(13)2/h3-6,13,19H,7-9H2,1-2H3. The fraction of sp³-hybridized carbons (Fsp3) is 0.353. The van der Waals surface area contributed by atoms with Crippen molar-refractivity contribution in [3.8, 4) is 21.3 Å². The van der Waals surface area contributed by atoms with Crippen molar-refractivity contribution >= 4 is 11.3 Å². The highest BCUT2D eigenvalue weighted by atomic mass is 32.1. The molecule has 1 saturated heterocycles. The fourth-order valence-electron chi connectivity index (χ4n) is 2.87. The lowest BCUT2D eigenvalue weighted by Gasteiger charge is -2.30. The number of hydrogen-bond donors (Lipinski definition) is 1. The topological polar surface area (TPSA) is 67.1 Å². The molecule has 1 aliphatic rings. The first-order valence-corrected chi connectivity index (χ1v) is 8.92. The molecular weight excluding hydrogens is 341 g/mol. The van der Waals surface area contributed by atoms with Gasteiger partial charge in [0.05, 0.1) is 11.7 Å². The quantitative estimate of drug-likeness (QED) is 0.776. The molecule has 1 fully saturated rings. The average molecular weight is 359 g/mol. The Bertz CT molecular complexity index is 876. The summed E-state index contributed by atoms with van der Waals surface area (Å²) in [7, 11) is 2.06. The summed E-state index contributed by atoms with van der Waals surface area (Å²) < 4.78 is 18.6. The number of nitrogens with one attached hydrogen (secondary N) is 1. The van der Waals surface area contributed by atoms with Crippen LogP contribution >= 0.6 is 11.3 Å². The molecule has 1 N–H and O–H groups in total. The van der Waals surface area contributed by atoms with Gasteiger partial charge in [0.25, 0.3) is 5.89 Å². The number of thiazole rings is 1. The van der Waals surface area contributed by atoms with Crippen LogP contribution in [-0.4, -0.2) is 46.7 Å². The molecule has 0 bridgehead atoms. The van der Waals surface area contributed by atoms with Gasteiger partial charge in [-0.05, 0) is 38.2 Å². The predicted molar refractivity (Wildman–Crippen MR) is 93.8 cm³/mol. The number of hydrogen-bond acceptors (Lipinski definition) is 7. The summed E-state index contributed by atoms with van der Waals surface area (Å²) in [6, 6.07) is 6.42. The molecule has 1 unspecified atom stereocenters. The van der Waals surface area contributed by atoms with Gasteiger partial charge >= 0.3 is 0 Å². The van der Waals surface area contributed by atoms with Crippen LogP contribution in [-0.2, 0) is 0 Å². The molecule has 0 saturated carbocycles. The third-order valence-electron chi connectivity index (χ3n) is 4.33. The summed E-state index contributed by atoms with van der Waals surface area (Å²) in [6.07, 6.45) is 0. The number of likely N-dealkylation sites (N-methyl/N-ethyl adjacent to an activating group) is 1. The van der Waals surface area contributed by atoms with Gasteiger partial charge in [-0.15, -0.1) is 11.3 Å². The van der Waals surface area contributed by atoms with E-state index in [1.807, 2.05) is 6.92 Å². The van der Waals surface area contributed by atoms with Crippen molar-refractivity contribution in [1.29, 1.82) is 0 Å². The molecule has 6 nitrogen and oxygen atoms in total. The Kier molecular flexibility index (Phi) is 4.32. The van der Waals surface area contributed by atoms with Crippen molar-refractivity contribution in [2.24, 2.45) is 0 Å². The lowest BCUT2D eigenvalue weighted by Crippen LogP contribution is -2.44. The van der Waals surface area contributed by atoms with Gasteiger partial charge in [0.2, 0.25) is 0 Å². The summed E-state index contributed by atoms with van der Waals surface area (Å²) in [5.74, 6) is 0.905. The number of nitrogens with zero attached hydrogens (tertiary/aromatic N) is 4. The highest BCUT2D eigenvalue weighted by Gasteiger charge is 2.26. The second-order valence-electron chi connectivity index (χ2n) is 6.10. The third kappa shape index (κ3) is 3.20. The number of aryl methyl sites for hydroxylation is 1. The van der Waals surface area contributed by atoms with Crippen LogP contribution in [0.2, 0.25) is 0 Å². The molecule has 0 aliphatic carbocycles. The first kappa shape index (κ1) is 16.3. The Morgan fingerprint density at radius 2 is 2.08 bits per heavy atom. The van der Waals surface area contributed by atoms with Gasteiger partial charge in [-0.25, -0.2) is 9.37 Å². The van der Waals surface area contributed by atoms with Crippen LogP contribution in [0, 0.1) is 12.7 Å². The van der Waals surface area contributed by atoms with Gasteiger partial charge in [0.1, 0.15) is 15.7 Å². The van der Waals surface area contributed by atoms with Crippen LogP contribution in [0.1, 0.15) is 17.6 Å². The highest BCUT2D eigenvalue weighted by Crippen LogP contribution is 2.35. The van der Waals surface area contributed by atoms with Crippen LogP contribution in [0.4, 0.5) is 4.39 Å². The minimum absolute atomic E-state index is 0.107. The van der Waals surface area contributed by atoms with E-state index in [0.29, 0.717) is 11.7 Å². The molecule has 1 atom stereocenters. The van der Waals surface area contributed by atoms with E-state index in [2.05, 4.69) is 32.4 Å². The number of rotatable bonds is 3. The van der Waals surface area contributed by atoms with Gasteiger partial charge in [0, 0.05) is 25.2 Å². The van der Waals surface area contributed by atoms with Crippen molar-refractivity contribution in [2.45, 2.75) is 13.0 Å². The van der Waals surface area contributed by atoms with E-state index in [1.165, 1.54) is 23.5 Å². The van der Waals surface area contributed by atoms with Crippen LogP contribution < -0.4 is 5.32 Å². The monoisotopic (exact) mass is 359 g/mol. The number of aromatic nitrogens is 3. The minimum atomic E-state index is -0.260. The number of benzene rings is 1. The van der Waals surface area contributed by atoms with E-state index in [9.17, 15) is 4.39 Å². The van der Waals surface area contributed by atoms with E-state index >= 15 is 0 Å². The van der Waals surface area contributed by atoms with Crippen LogP contribution in [0.5, 0.6) is 0 Å². The minimum Gasteiger partial charge on any atom is -0.333 e. The van der Waals surface area contributed by atoms with E-state index < -0.39 is 0 Å². The van der Waals surface area contributed by atoms with Crippen molar-refractivity contribution < 1.29 is 8.91 Å². The zero-order chi connectivity index (χ0) is 17.4. The molecule has 0 spiro atoms. The summed E-state index contributed by atoms with van der Waals surface area (Å²) in [5.41, 5.74) is 1.70. The van der Waals surface area contributed by atoms with Gasteiger partial charge in [0.15, 0.2) is 5.82 Å². The van der Waals surface area contributed by atoms with E-state index in [1.54, 1.807) is 12.1 Å². The van der Waals surface area contributed by atoms with E-state index in [4.69, 9.17) is 4.52 Å². The zero-order valence-electron chi connectivity index (χ0n) is 14.0. The van der Waals surface area contributed by atoms with Gasteiger partial charge in [-0.1, -0.05) is 5.16 Å². The number of halogens is 1. The lowest BCUT2D eigenvalue weighted by molar-refractivity contribution is 0.190. The molecule has 4 rings (SSSR count). The fourth-order valence-corrected chi connectivity index (χ4v) is 3.86. The second kappa shape index (κ2) is 6.62. The van der Waals surface area contributed by atoms with Crippen molar-refractivity contribution in [1.82, 2.24) is 25.3 Å². The first-order valence-electron chi connectivity index (χ1n) is 8.10. The van der Waals surface area contributed by atoms with Crippen LogP contribution in [0.3, 0.4) is 0 Å². The molecule has 0 radical (unpaired) electrons. The lowest BCUT2D eigenvalue weighted by atomic mass is 10.2. The zero-order valence-corrected chi connectivity index (χ0v) is 14.8. The van der Waals surface area contributed by atoms with Crippen molar-refractivity contribution in [3.63, 3.8) is 0 Å². The van der Waals surface area contributed by atoms with Gasteiger partial charge in [-0.2, -0.15) is 4.98 Å². The maximum Gasteiger partial charge on any atom is 0.269 e. The van der Waals surface area contributed by atoms with Gasteiger partial charge in [-0.3, -0.25) is 4.90 Å². The van der Waals surface area contributed by atoms with E-state index in [-0.39, 0.29) is 11.9 Å². The van der Waals surface area contributed by atoms with Gasteiger partial charge < -0.3 is 9.84 Å². The maximum atomic E-state index is 13.1. The largest absolute Gasteiger partial charge is 0.333 e. The SMILES string of the molecule is Cc1nc(-c2ccc(F)cc2)sc1-c1nc(C2CNCCN2C)no1. The third-order valence-corrected chi connectivity index (χ3v) is 5.53. The molecule has 3 heterocycles. The summed E-state index contributed by atoms with van der Waals surface area (Å²) >= 11 is 1.47. The summed E-state index contributed by atoms with van der Waals surface area (Å²) in [5, 5.41) is 8.32.